The number of phenolic OH excluding ortho intramolecular Hbond substituents is 1. The minimum absolute atomic E-state index is 0.0186. The number of carbonyl (C=O) groups excluding carboxylic acids is 3. The van der Waals surface area contributed by atoms with Gasteiger partial charge in [-0.15, -0.1) is 0 Å². The van der Waals surface area contributed by atoms with Crippen LogP contribution in [0.25, 0.3) is 0 Å². The van der Waals surface area contributed by atoms with Gasteiger partial charge in [-0.3, -0.25) is 14.4 Å². The lowest BCUT2D eigenvalue weighted by Crippen LogP contribution is -2.58. The number of unbranched alkanes of at least 4 members (excludes halogenated alkanes) is 1. The summed E-state index contributed by atoms with van der Waals surface area (Å²) in [7, 11) is 0. The Kier molecular flexibility index (Phi) is 15.7. The maximum atomic E-state index is 14.8. The van der Waals surface area contributed by atoms with Crippen LogP contribution in [0.15, 0.2) is 54.6 Å². The van der Waals surface area contributed by atoms with Crippen LogP contribution >= 0.6 is 0 Å². The van der Waals surface area contributed by atoms with Crippen molar-refractivity contribution in [3.8, 4) is 5.75 Å². The fourth-order valence-corrected chi connectivity index (χ4v) is 8.83. The van der Waals surface area contributed by atoms with Crippen molar-refractivity contribution < 1.29 is 29.0 Å². The van der Waals surface area contributed by atoms with Crippen LogP contribution < -0.4 is 5.32 Å². The molecular weight excluding hydrogens is 699 g/mol. The third kappa shape index (κ3) is 11.0. The number of rotatable bonds is 19. The number of ether oxygens (including phenoxy) is 2. The van der Waals surface area contributed by atoms with E-state index in [1.54, 1.807) is 18.2 Å². The summed E-state index contributed by atoms with van der Waals surface area (Å²) in [5.41, 5.74) is -2.86. The molecule has 0 aliphatic heterocycles. The van der Waals surface area contributed by atoms with Crippen molar-refractivity contribution in [3.63, 3.8) is 0 Å². The summed E-state index contributed by atoms with van der Waals surface area (Å²) < 4.78 is 12.2. The molecule has 0 heterocycles. The van der Waals surface area contributed by atoms with Gasteiger partial charge in [0, 0.05) is 0 Å². The predicted octanol–water partition coefficient (Wildman–Crippen LogP) is 12.2. The zero-order chi connectivity index (χ0) is 43.2. The van der Waals surface area contributed by atoms with Gasteiger partial charge in [0.2, 0.25) is 0 Å². The third-order valence-corrected chi connectivity index (χ3v) is 14.2. The molecule has 7 nitrogen and oxygen atoms in total. The molecule has 56 heavy (non-hydrogen) atoms. The highest BCUT2D eigenvalue weighted by atomic mass is 16.5. The molecule has 2 aromatic carbocycles. The van der Waals surface area contributed by atoms with Crippen LogP contribution in [0.4, 0.5) is 0 Å². The summed E-state index contributed by atoms with van der Waals surface area (Å²) in [5, 5.41) is 12.9. The van der Waals surface area contributed by atoms with Crippen LogP contribution in [0.2, 0.25) is 0 Å². The summed E-state index contributed by atoms with van der Waals surface area (Å²) in [6.07, 6.45) is 3.60. The van der Waals surface area contributed by atoms with Crippen molar-refractivity contribution in [3.05, 3.63) is 65.7 Å². The zero-order valence-electron chi connectivity index (χ0n) is 38.4. The normalized spacial score (nSPS) is 15.9. The van der Waals surface area contributed by atoms with Crippen LogP contribution in [-0.4, -0.2) is 42.7 Å². The molecule has 1 amide bonds. The molecule has 7 heteroatoms. The molecule has 0 aromatic heterocycles. The Bertz CT molecular complexity index is 1610. The smallest absolute Gasteiger partial charge is 0.312 e. The monoisotopic (exact) mass is 778 g/mol. The number of carbonyl (C=O) groups is 3. The fraction of sp³-hybridized carbons (Fsp3) is 0.694. The molecule has 0 spiro atoms. The lowest BCUT2D eigenvalue weighted by atomic mass is 9.44. The molecule has 3 unspecified atom stereocenters. The molecule has 0 saturated carbocycles. The van der Waals surface area contributed by atoms with Gasteiger partial charge in [0.15, 0.2) is 0 Å². The SMILES string of the molecule is CCCCOC(=O)C(C)(CC(C)(C)C(C)(C)C(C)(CC(C)(C)C)C(=O)OCCNC(=O)c1ccccc1O)C(C)(C)C(C)(C)CC(c1ccccc1)C(C)(C)C. The first-order valence-corrected chi connectivity index (χ1v) is 20.9. The fourth-order valence-electron chi connectivity index (χ4n) is 8.83. The van der Waals surface area contributed by atoms with E-state index in [4.69, 9.17) is 9.47 Å². The van der Waals surface area contributed by atoms with E-state index in [2.05, 4.69) is 146 Å². The van der Waals surface area contributed by atoms with E-state index in [1.165, 1.54) is 11.6 Å². The minimum Gasteiger partial charge on any atom is -0.507 e. The Morgan fingerprint density at radius 1 is 0.643 bits per heavy atom. The summed E-state index contributed by atoms with van der Waals surface area (Å²) in [5.74, 6) is -0.839. The van der Waals surface area contributed by atoms with Crippen molar-refractivity contribution in [2.75, 3.05) is 19.8 Å². The largest absolute Gasteiger partial charge is 0.507 e. The molecule has 0 aliphatic carbocycles. The van der Waals surface area contributed by atoms with Crippen LogP contribution in [0.3, 0.4) is 0 Å². The molecule has 2 rings (SSSR count). The van der Waals surface area contributed by atoms with Gasteiger partial charge in [-0.2, -0.15) is 0 Å². The molecule has 2 N–H and O–H groups in total. The summed E-state index contributed by atoms with van der Waals surface area (Å²) >= 11 is 0. The highest BCUT2D eigenvalue weighted by Gasteiger charge is 2.63. The first-order valence-electron chi connectivity index (χ1n) is 20.9. The van der Waals surface area contributed by atoms with Crippen LogP contribution in [0.5, 0.6) is 5.75 Å². The van der Waals surface area contributed by atoms with Crippen molar-refractivity contribution in [1.82, 2.24) is 5.32 Å². The second kappa shape index (κ2) is 18.1. The van der Waals surface area contributed by atoms with Crippen molar-refractivity contribution in [2.24, 2.45) is 43.3 Å². The number of hydrogen-bond acceptors (Lipinski definition) is 6. The van der Waals surface area contributed by atoms with E-state index in [1.807, 2.05) is 6.92 Å². The van der Waals surface area contributed by atoms with Crippen molar-refractivity contribution in [2.45, 2.75) is 156 Å². The Labute approximate surface area is 341 Å². The molecular formula is C49H79NO6. The molecule has 0 bridgehead atoms. The zero-order valence-corrected chi connectivity index (χ0v) is 38.4. The molecule has 0 fully saturated rings. The number of para-hydroxylation sites is 1. The molecule has 0 aliphatic rings. The summed E-state index contributed by atoms with van der Waals surface area (Å²) in [4.78, 5) is 42.0. The predicted molar refractivity (Wildman–Crippen MR) is 231 cm³/mol. The van der Waals surface area contributed by atoms with Crippen LogP contribution in [0.1, 0.15) is 172 Å². The number of phenols is 1. The van der Waals surface area contributed by atoms with Gasteiger partial charge in [-0.1, -0.05) is 153 Å². The number of aromatic hydroxyl groups is 1. The topological polar surface area (TPSA) is 102 Å². The molecule has 0 saturated heterocycles. The third-order valence-electron chi connectivity index (χ3n) is 14.2. The highest BCUT2D eigenvalue weighted by molar-refractivity contribution is 5.96. The average Bonchev–Trinajstić information content (AvgIpc) is 3.07. The molecule has 2 aromatic rings. The molecule has 3 atom stereocenters. The quantitative estimate of drug-likeness (QED) is 0.109. The Morgan fingerprint density at radius 2 is 1.12 bits per heavy atom. The lowest BCUT2D eigenvalue weighted by molar-refractivity contribution is -0.188. The highest BCUT2D eigenvalue weighted by Crippen LogP contribution is 2.65. The van der Waals surface area contributed by atoms with Crippen LogP contribution in [0, 0.1) is 43.3 Å². The van der Waals surface area contributed by atoms with Gasteiger partial charge in [0.1, 0.15) is 12.4 Å². The van der Waals surface area contributed by atoms with Gasteiger partial charge in [0.25, 0.3) is 5.91 Å². The van der Waals surface area contributed by atoms with E-state index in [0.717, 1.165) is 19.3 Å². The molecule has 0 radical (unpaired) electrons. The number of hydrogen-bond donors (Lipinski definition) is 2. The van der Waals surface area contributed by atoms with Crippen molar-refractivity contribution in [1.29, 1.82) is 0 Å². The van der Waals surface area contributed by atoms with Gasteiger partial charge >= 0.3 is 11.9 Å². The first-order chi connectivity index (χ1) is 25.4. The summed E-state index contributed by atoms with van der Waals surface area (Å²) in [6, 6.07) is 17.1. The van der Waals surface area contributed by atoms with E-state index >= 15 is 0 Å². The number of benzene rings is 2. The minimum atomic E-state index is -0.978. The number of esters is 2. The second-order valence-electron chi connectivity index (χ2n) is 21.5. The second-order valence-corrected chi connectivity index (χ2v) is 21.5. The summed E-state index contributed by atoms with van der Waals surface area (Å²) in [6.45, 7) is 37.7. The Hall–Kier alpha value is -3.35. The van der Waals surface area contributed by atoms with E-state index in [9.17, 15) is 19.5 Å². The Balaban J connectivity index is 2.59. The maximum Gasteiger partial charge on any atom is 0.312 e. The number of nitrogens with one attached hydrogen (secondary N) is 1. The van der Waals surface area contributed by atoms with Gasteiger partial charge in [0.05, 0.1) is 29.5 Å². The van der Waals surface area contributed by atoms with E-state index < -0.39 is 33.0 Å². The van der Waals surface area contributed by atoms with Crippen molar-refractivity contribution >= 4 is 17.8 Å². The van der Waals surface area contributed by atoms with E-state index in [-0.39, 0.29) is 58.6 Å². The van der Waals surface area contributed by atoms with Gasteiger partial charge < -0.3 is 19.9 Å². The van der Waals surface area contributed by atoms with E-state index in [0.29, 0.717) is 19.4 Å². The standard InChI is InChI=1S/C49H79NO6/c1-18-19-30-55-41(54)49(17,46(12,13)44(8,9)32-37(43(5,6)7)35-25-21-20-22-26-35)34-45(10,11)47(14,15)48(16,33-42(2,3)4)40(53)56-31-29-50-39(52)36-27-23-24-28-38(36)51/h20-28,37,51H,18-19,29-34H2,1-17H3,(H,50,52). The Morgan fingerprint density at radius 3 is 1.62 bits per heavy atom. The first kappa shape index (κ1) is 48.8. The van der Waals surface area contributed by atoms with Gasteiger partial charge in [-0.25, -0.2) is 0 Å². The average molecular weight is 778 g/mol. The van der Waals surface area contributed by atoms with Gasteiger partial charge in [-0.05, 0) is 95.6 Å². The maximum absolute atomic E-state index is 14.8. The number of amides is 1. The van der Waals surface area contributed by atoms with Crippen LogP contribution in [-0.2, 0) is 19.1 Å². The lowest BCUT2D eigenvalue weighted by Gasteiger charge is -2.60. The molecule has 316 valence electrons.